The van der Waals surface area contributed by atoms with Crippen molar-refractivity contribution < 1.29 is 4.74 Å². The van der Waals surface area contributed by atoms with Gasteiger partial charge in [-0.25, -0.2) is 0 Å². The minimum absolute atomic E-state index is 0.606. The molecule has 1 fully saturated rings. The normalized spacial score (nSPS) is 14.6. The topological polar surface area (TPSA) is 75.2 Å². The van der Waals surface area contributed by atoms with Gasteiger partial charge in [-0.15, -0.1) is 0 Å². The van der Waals surface area contributed by atoms with Gasteiger partial charge in [0.25, 0.3) is 0 Å². The number of nitrogens with zero attached hydrogens (tertiary/aromatic N) is 4. The van der Waals surface area contributed by atoms with Crippen molar-refractivity contribution in [2.45, 2.75) is 26.2 Å². The Hall–Kier alpha value is -1.63. The minimum Gasteiger partial charge on any atom is -0.382 e. The highest BCUT2D eigenvalue weighted by Gasteiger charge is 2.16. The highest BCUT2D eigenvalue weighted by Crippen LogP contribution is 2.18. The maximum Gasteiger partial charge on any atom is 0.231 e. The van der Waals surface area contributed by atoms with Crippen LogP contribution in [-0.2, 0) is 4.74 Å². The number of rotatable bonds is 8. The van der Waals surface area contributed by atoms with Gasteiger partial charge in [0.2, 0.25) is 17.8 Å². The zero-order valence-corrected chi connectivity index (χ0v) is 12.4. The van der Waals surface area contributed by atoms with Crippen molar-refractivity contribution in [1.82, 2.24) is 15.0 Å². The molecule has 0 amide bonds. The predicted octanol–water partition coefficient (Wildman–Crippen LogP) is 1.35. The molecule has 7 heteroatoms. The number of hydrogen-bond acceptors (Lipinski definition) is 7. The standard InChI is InChI=1S/C13H24N6O/c1-3-20-10-6-7-15-12-16-11(14-2)17-13(18-12)19-8-4-5-9-19/h3-10H2,1-2H3,(H2,14,15,16,17,18). The number of hydrogen-bond donors (Lipinski definition) is 2. The lowest BCUT2D eigenvalue weighted by atomic mass is 10.4. The summed E-state index contributed by atoms with van der Waals surface area (Å²) in [7, 11) is 1.82. The number of anilines is 3. The molecule has 0 spiro atoms. The summed E-state index contributed by atoms with van der Waals surface area (Å²) in [5.41, 5.74) is 0. The third kappa shape index (κ3) is 4.19. The molecule has 0 aromatic carbocycles. The summed E-state index contributed by atoms with van der Waals surface area (Å²) in [6.45, 7) is 6.36. The van der Waals surface area contributed by atoms with E-state index in [0.29, 0.717) is 11.9 Å². The first-order valence-corrected chi connectivity index (χ1v) is 7.34. The molecule has 2 rings (SSSR count). The van der Waals surface area contributed by atoms with Crippen LogP contribution in [0, 0.1) is 0 Å². The fraction of sp³-hybridized carbons (Fsp3) is 0.769. The molecule has 20 heavy (non-hydrogen) atoms. The van der Waals surface area contributed by atoms with Crippen LogP contribution in [0.15, 0.2) is 0 Å². The molecule has 2 heterocycles. The zero-order chi connectivity index (χ0) is 14.2. The maximum atomic E-state index is 5.31. The lowest BCUT2D eigenvalue weighted by Gasteiger charge is -2.16. The Morgan fingerprint density at radius 2 is 1.90 bits per heavy atom. The molecule has 0 radical (unpaired) electrons. The van der Waals surface area contributed by atoms with E-state index in [1.165, 1.54) is 12.8 Å². The Morgan fingerprint density at radius 1 is 1.15 bits per heavy atom. The van der Waals surface area contributed by atoms with E-state index in [-0.39, 0.29) is 0 Å². The molecule has 0 bridgehead atoms. The smallest absolute Gasteiger partial charge is 0.231 e. The van der Waals surface area contributed by atoms with Gasteiger partial charge in [0.1, 0.15) is 0 Å². The van der Waals surface area contributed by atoms with Crippen LogP contribution in [0.2, 0.25) is 0 Å². The second-order valence-corrected chi connectivity index (χ2v) is 4.70. The third-order valence-corrected chi connectivity index (χ3v) is 3.19. The first-order chi connectivity index (χ1) is 9.83. The molecule has 112 valence electrons. The van der Waals surface area contributed by atoms with Crippen LogP contribution in [0.3, 0.4) is 0 Å². The second kappa shape index (κ2) is 7.84. The summed E-state index contributed by atoms with van der Waals surface area (Å²) in [4.78, 5) is 15.4. The fourth-order valence-corrected chi connectivity index (χ4v) is 2.13. The van der Waals surface area contributed by atoms with Gasteiger partial charge in [0.05, 0.1) is 0 Å². The van der Waals surface area contributed by atoms with E-state index in [9.17, 15) is 0 Å². The number of ether oxygens (including phenoxy) is 1. The van der Waals surface area contributed by atoms with Crippen molar-refractivity contribution in [2.24, 2.45) is 0 Å². The van der Waals surface area contributed by atoms with E-state index in [1.54, 1.807) is 0 Å². The summed E-state index contributed by atoms with van der Waals surface area (Å²) in [6.07, 6.45) is 3.35. The van der Waals surface area contributed by atoms with Crippen molar-refractivity contribution >= 4 is 17.8 Å². The van der Waals surface area contributed by atoms with E-state index < -0.39 is 0 Å². The van der Waals surface area contributed by atoms with E-state index >= 15 is 0 Å². The van der Waals surface area contributed by atoms with E-state index in [0.717, 1.165) is 45.2 Å². The number of nitrogens with one attached hydrogen (secondary N) is 2. The predicted molar refractivity (Wildman–Crippen MR) is 80.4 cm³/mol. The van der Waals surface area contributed by atoms with Gasteiger partial charge in [-0.1, -0.05) is 0 Å². The van der Waals surface area contributed by atoms with Gasteiger partial charge >= 0.3 is 0 Å². The minimum atomic E-state index is 0.606. The summed E-state index contributed by atoms with van der Waals surface area (Å²) >= 11 is 0. The quantitative estimate of drug-likeness (QED) is 0.696. The molecule has 1 aliphatic heterocycles. The molecule has 1 aliphatic rings. The highest BCUT2D eigenvalue weighted by molar-refractivity contribution is 5.43. The first kappa shape index (κ1) is 14.8. The first-order valence-electron chi connectivity index (χ1n) is 7.34. The Bertz CT molecular complexity index is 408. The molecule has 1 aromatic rings. The summed E-state index contributed by atoms with van der Waals surface area (Å²) < 4.78 is 5.31. The van der Waals surface area contributed by atoms with Gasteiger partial charge in [-0.2, -0.15) is 15.0 Å². The van der Waals surface area contributed by atoms with Crippen LogP contribution in [-0.4, -0.2) is 54.8 Å². The summed E-state index contributed by atoms with van der Waals surface area (Å²) in [6, 6.07) is 0. The van der Waals surface area contributed by atoms with Crippen LogP contribution in [0.25, 0.3) is 0 Å². The van der Waals surface area contributed by atoms with E-state index in [4.69, 9.17) is 4.74 Å². The lowest BCUT2D eigenvalue weighted by molar-refractivity contribution is 0.147. The molecule has 0 unspecified atom stereocenters. The van der Waals surface area contributed by atoms with Gasteiger partial charge in [-0.05, 0) is 26.2 Å². The summed E-state index contributed by atoms with van der Waals surface area (Å²) in [5, 5.41) is 6.22. The molecule has 0 aliphatic carbocycles. The molecular weight excluding hydrogens is 256 g/mol. The van der Waals surface area contributed by atoms with Crippen LogP contribution < -0.4 is 15.5 Å². The van der Waals surface area contributed by atoms with Gasteiger partial charge in [0, 0.05) is 39.9 Å². The van der Waals surface area contributed by atoms with Crippen molar-refractivity contribution in [3.63, 3.8) is 0 Å². The molecular formula is C13H24N6O. The van der Waals surface area contributed by atoms with Gasteiger partial charge < -0.3 is 20.3 Å². The molecule has 1 saturated heterocycles. The van der Waals surface area contributed by atoms with Crippen LogP contribution in [0.4, 0.5) is 17.8 Å². The van der Waals surface area contributed by atoms with E-state index in [2.05, 4.69) is 30.5 Å². The monoisotopic (exact) mass is 280 g/mol. The Kier molecular flexibility index (Phi) is 5.79. The Labute approximate surface area is 120 Å². The van der Waals surface area contributed by atoms with Crippen LogP contribution in [0.1, 0.15) is 26.2 Å². The number of aromatic nitrogens is 3. The average molecular weight is 280 g/mol. The van der Waals surface area contributed by atoms with Gasteiger partial charge in [0.15, 0.2) is 0 Å². The van der Waals surface area contributed by atoms with Gasteiger partial charge in [-0.3, -0.25) is 0 Å². The van der Waals surface area contributed by atoms with Crippen molar-refractivity contribution in [3.8, 4) is 0 Å². The largest absolute Gasteiger partial charge is 0.382 e. The Balaban J connectivity index is 1.94. The highest BCUT2D eigenvalue weighted by atomic mass is 16.5. The fourth-order valence-electron chi connectivity index (χ4n) is 2.13. The molecule has 1 aromatic heterocycles. The molecule has 0 saturated carbocycles. The average Bonchev–Trinajstić information content (AvgIpc) is 3.01. The SMILES string of the molecule is CCOCCCNc1nc(NC)nc(N2CCCC2)n1. The lowest BCUT2D eigenvalue weighted by Crippen LogP contribution is -2.22. The molecule has 2 N–H and O–H groups in total. The second-order valence-electron chi connectivity index (χ2n) is 4.70. The van der Waals surface area contributed by atoms with Crippen molar-refractivity contribution in [1.29, 1.82) is 0 Å². The Morgan fingerprint density at radius 3 is 2.60 bits per heavy atom. The van der Waals surface area contributed by atoms with Crippen LogP contribution >= 0.6 is 0 Å². The van der Waals surface area contributed by atoms with Crippen molar-refractivity contribution in [3.05, 3.63) is 0 Å². The molecule has 7 nitrogen and oxygen atoms in total. The zero-order valence-electron chi connectivity index (χ0n) is 12.4. The van der Waals surface area contributed by atoms with E-state index in [1.807, 2.05) is 14.0 Å². The summed E-state index contributed by atoms with van der Waals surface area (Å²) in [5.74, 6) is 1.99. The van der Waals surface area contributed by atoms with Crippen LogP contribution in [0.5, 0.6) is 0 Å². The maximum absolute atomic E-state index is 5.31. The third-order valence-electron chi connectivity index (χ3n) is 3.19. The van der Waals surface area contributed by atoms with Crippen molar-refractivity contribution in [2.75, 3.05) is 55.4 Å². The molecule has 0 atom stereocenters.